The van der Waals surface area contributed by atoms with E-state index >= 15 is 0 Å². The van der Waals surface area contributed by atoms with Gasteiger partial charge in [-0.15, -0.1) is 0 Å². The van der Waals surface area contributed by atoms with Gasteiger partial charge in [-0.25, -0.2) is 5.43 Å². The lowest BCUT2D eigenvalue weighted by Gasteiger charge is -2.07. The quantitative estimate of drug-likeness (QED) is 0.538. The Balaban J connectivity index is 1.77. The topological polar surface area (TPSA) is 70.9 Å². The van der Waals surface area contributed by atoms with E-state index in [9.17, 15) is 18.7 Å². The second kappa shape index (κ2) is 7.60. The maximum Gasteiger partial charge on any atom is 0.387 e. The molecule has 26 heavy (non-hydrogen) atoms. The fourth-order valence-electron chi connectivity index (χ4n) is 2.42. The van der Waals surface area contributed by atoms with Crippen molar-refractivity contribution in [1.29, 1.82) is 0 Å². The van der Waals surface area contributed by atoms with Gasteiger partial charge in [0.1, 0.15) is 11.5 Å². The molecule has 7 heteroatoms. The number of aromatic hydroxyl groups is 1. The van der Waals surface area contributed by atoms with Crippen LogP contribution in [0.25, 0.3) is 10.8 Å². The molecule has 3 aromatic carbocycles. The maximum absolute atomic E-state index is 12.4. The third kappa shape index (κ3) is 3.94. The van der Waals surface area contributed by atoms with Crippen molar-refractivity contribution in [1.82, 2.24) is 5.43 Å². The van der Waals surface area contributed by atoms with E-state index < -0.39 is 12.5 Å². The van der Waals surface area contributed by atoms with E-state index in [-0.39, 0.29) is 22.6 Å². The van der Waals surface area contributed by atoms with Crippen LogP contribution in [0.1, 0.15) is 15.9 Å². The highest BCUT2D eigenvalue weighted by Crippen LogP contribution is 2.25. The van der Waals surface area contributed by atoms with Crippen LogP contribution in [0.3, 0.4) is 0 Å². The number of benzene rings is 3. The lowest BCUT2D eigenvalue weighted by atomic mass is 10.1. The number of fused-ring (bicyclic) bond motifs is 1. The van der Waals surface area contributed by atoms with Gasteiger partial charge in [0.2, 0.25) is 0 Å². The number of phenols is 1. The van der Waals surface area contributed by atoms with E-state index in [1.54, 1.807) is 18.2 Å². The van der Waals surface area contributed by atoms with Crippen molar-refractivity contribution < 1.29 is 23.4 Å². The largest absolute Gasteiger partial charge is 0.507 e. The highest BCUT2D eigenvalue weighted by Gasteiger charge is 2.12. The van der Waals surface area contributed by atoms with Gasteiger partial charge in [-0.3, -0.25) is 4.79 Å². The third-order valence-corrected chi connectivity index (χ3v) is 3.61. The molecular weight excluding hydrogens is 342 g/mol. The van der Waals surface area contributed by atoms with Crippen LogP contribution in [-0.2, 0) is 0 Å². The first kappa shape index (κ1) is 17.3. The molecule has 0 bridgehead atoms. The minimum Gasteiger partial charge on any atom is -0.507 e. The van der Waals surface area contributed by atoms with Crippen molar-refractivity contribution in [3.63, 3.8) is 0 Å². The van der Waals surface area contributed by atoms with E-state index in [4.69, 9.17) is 0 Å². The maximum atomic E-state index is 12.4. The Bertz CT molecular complexity index is 974. The van der Waals surface area contributed by atoms with Crippen LogP contribution < -0.4 is 10.2 Å². The number of carbonyl (C=O) groups is 1. The lowest BCUT2D eigenvalue weighted by Crippen LogP contribution is -2.18. The van der Waals surface area contributed by atoms with Gasteiger partial charge >= 0.3 is 6.61 Å². The van der Waals surface area contributed by atoms with E-state index in [0.717, 1.165) is 10.8 Å². The van der Waals surface area contributed by atoms with Crippen LogP contribution in [0, 0.1) is 0 Å². The molecule has 0 spiro atoms. The highest BCUT2D eigenvalue weighted by molar-refractivity contribution is 6.01. The fourth-order valence-corrected chi connectivity index (χ4v) is 2.42. The van der Waals surface area contributed by atoms with E-state index in [2.05, 4.69) is 15.3 Å². The molecule has 0 heterocycles. The third-order valence-electron chi connectivity index (χ3n) is 3.61. The molecule has 0 unspecified atom stereocenters. The number of nitrogens with zero attached hydrogens (tertiary/aromatic N) is 1. The van der Waals surface area contributed by atoms with Gasteiger partial charge in [0.25, 0.3) is 5.91 Å². The number of para-hydroxylation sites is 1. The second-order valence-electron chi connectivity index (χ2n) is 5.33. The molecule has 0 fully saturated rings. The molecule has 0 aliphatic carbocycles. The van der Waals surface area contributed by atoms with E-state index in [1.165, 1.54) is 24.4 Å². The molecule has 0 aliphatic rings. The van der Waals surface area contributed by atoms with Gasteiger partial charge in [0, 0.05) is 5.56 Å². The molecule has 0 saturated heterocycles. The second-order valence-corrected chi connectivity index (χ2v) is 5.33. The Hall–Kier alpha value is -3.48. The standard InChI is InChI=1S/C19H14F2N2O3/c20-19(21)26-17-8-4-3-7-14(17)11-22-23-18(25)15-9-12-5-1-2-6-13(12)10-16(15)24/h1-11,19,24H,(H,23,25)/b22-11+. The van der Waals surface area contributed by atoms with Crippen LogP contribution >= 0.6 is 0 Å². The van der Waals surface area contributed by atoms with Crippen molar-refractivity contribution >= 4 is 22.9 Å². The van der Waals surface area contributed by atoms with Gasteiger partial charge in [-0.1, -0.05) is 36.4 Å². The molecule has 0 aliphatic heterocycles. The molecular formula is C19H14F2N2O3. The summed E-state index contributed by atoms with van der Waals surface area (Å²) in [6.45, 7) is -2.96. The zero-order chi connectivity index (χ0) is 18.5. The number of hydrazone groups is 1. The smallest absolute Gasteiger partial charge is 0.387 e. The van der Waals surface area contributed by atoms with Gasteiger partial charge in [0.05, 0.1) is 11.8 Å². The number of hydrogen-bond donors (Lipinski definition) is 2. The zero-order valence-electron chi connectivity index (χ0n) is 13.4. The normalized spacial score (nSPS) is 11.2. The van der Waals surface area contributed by atoms with Gasteiger partial charge in [-0.2, -0.15) is 13.9 Å². The van der Waals surface area contributed by atoms with Crippen LogP contribution in [-0.4, -0.2) is 23.8 Å². The zero-order valence-corrected chi connectivity index (χ0v) is 13.4. The summed E-state index contributed by atoms with van der Waals surface area (Å²) in [6, 6.07) is 16.3. The van der Waals surface area contributed by atoms with E-state index in [1.807, 2.05) is 24.3 Å². The fraction of sp³-hybridized carbons (Fsp3) is 0.0526. The van der Waals surface area contributed by atoms with E-state index in [0.29, 0.717) is 0 Å². The van der Waals surface area contributed by atoms with Gasteiger partial charge < -0.3 is 9.84 Å². The molecule has 3 aromatic rings. The lowest BCUT2D eigenvalue weighted by molar-refractivity contribution is -0.0499. The summed E-state index contributed by atoms with van der Waals surface area (Å²) in [6.07, 6.45) is 1.19. The number of rotatable bonds is 5. The molecule has 0 aromatic heterocycles. The molecule has 1 amide bonds. The SMILES string of the molecule is O=C(N/N=C/c1ccccc1OC(F)F)c1cc2ccccc2cc1O. The first-order chi connectivity index (χ1) is 12.5. The summed E-state index contributed by atoms with van der Waals surface area (Å²) < 4.78 is 29.1. The highest BCUT2D eigenvalue weighted by atomic mass is 19.3. The van der Waals surface area contributed by atoms with Crippen LogP contribution in [0.4, 0.5) is 8.78 Å². The van der Waals surface area contributed by atoms with Crippen LogP contribution in [0.2, 0.25) is 0 Å². The number of phenolic OH excluding ortho intramolecular Hbond substituents is 1. The summed E-state index contributed by atoms with van der Waals surface area (Å²) in [5, 5.41) is 15.4. The van der Waals surface area contributed by atoms with Crippen molar-refractivity contribution in [3.05, 3.63) is 71.8 Å². The summed E-state index contributed by atoms with van der Waals surface area (Å²) in [4.78, 5) is 12.2. The molecule has 3 rings (SSSR count). The Labute approximate surface area is 147 Å². The summed E-state index contributed by atoms with van der Waals surface area (Å²) in [5.41, 5.74) is 2.59. The van der Waals surface area contributed by atoms with Crippen molar-refractivity contribution in [3.8, 4) is 11.5 Å². The van der Waals surface area contributed by atoms with Crippen LogP contribution in [0.15, 0.2) is 65.8 Å². The van der Waals surface area contributed by atoms with Crippen molar-refractivity contribution in [2.24, 2.45) is 5.10 Å². The number of amides is 1. The summed E-state index contributed by atoms with van der Waals surface area (Å²) in [5.74, 6) is -0.872. The van der Waals surface area contributed by atoms with Crippen LogP contribution in [0.5, 0.6) is 11.5 Å². The Morgan fingerprint density at radius 2 is 1.73 bits per heavy atom. The average Bonchev–Trinajstić information content (AvgIpc) is 2.62. The average molecular weight is 356 g/mol. The molecule has 0 saturated carbocycles. The molecule has 2 N–H and O–H groups in total. The Morgan fingerprint density at radius 1 is 1.08 bits per heavy atom. The minimum absolute atomic E-state index is 0.0537. The van der Waals surface area contributed by atoms with Crippen molar-refractivity contribution in [2.75, 3.05) is 0 Å². The molecule has 132 valence electrons. The Morgan fingerprint density at radius 3 is 2.46 bits per heavy atom. The first-order valence-electron chi connectivity index (χ1n) is 7.63. The number of nitrogens with one attached hydrogen (secondary N) is 1. The molecule has 5 nitrogen and oxygen atoms in total. The monoisotopic (exact) mass is 356 g/mol. The Kier molecular flexibility index (Phi) is 5.07. The van der Waals surface area contributed by atoms with Gasteiger partial charge in [0.15, 0.2) is 0 Å². The predicted molar refractivity (Wildman–Crippen MR) is 93.7 cm³/mol. The first-order valence-corrected chi connectivity index (χ1v) is 7.63. The molecule has 0 radical (unpaired) electrons. The number of halogens is 2. The molecule has 0 atom stereocenters. The number of carbonyl (C=O) groups excluding carboxylic acids is 1. The predicted octanol–water partition coefficient (Wildman–Crippen LogP) is 3.91. The van der Waals surface area contributed by atoms with Crippen molar-refractivity contribution in [2.45, 2.75) is 6.61 Å². The minimum atomic E-state index is -2.96. The summed E-state index contributed by atoms with van der Waals surface area (Å²) in [7, 11) is 0. The van der Waals surface area contributed by atoms with Gasteiger partial charge in [-0.05, 0) is 35.0 Å². The number of hydrogen-bond acceptors (Lipinski definition) is 4. The summed E-state index contributed by atoms with van der Waals surface area (Å²) >= 11 is 0. The number of alkyl halides is 2. The number of ether oxygens (including phenoxy) is 1.